The highest BCUT2D eigenvalue weighted by molar-refractivity contribution is 6.30. The SMILES string of the molecule is Cc1cccc(-c2c(-c3cccc(Cl)c3)nn(C)c2N)c1. The van der Waals surface area contributed by atoms with E-state index in [-0.39, 0.29) is 0 Å². The summed E-state index contributed by atoms with van der Waals surface area (Å²) in [6, 6.07) is 15.9. The smallest absolute Gasteiger partial charge is 0.129 e. The fraction of sp³-hybridized carbons (Fsp3) is 0.118. The van der Waals surface area contributed by atoms with Crippen molar-refractivity contribution in [2.75, 3.05) is 5.73 Å². The Balaban J connectivity index is 2.25. The molecule has 21 heavy (non-hydrogen) atoms. The maximum Gasteiger partial charge on any atom is 0.129 e. The maximum atomic E-state index is 6.23. The number of nitrogens with two attached hydrogens (primary N) is 1. The van der Waals surface area contributed by atoms with Gasteiger partial charge in [0.05, 0.1) is 5.56 Å². The fourth-order valence-corrected chi connectivity index (χ4v) is 2.65. The third-order valence-electron chi connectivity index (χ3n) is 3.50. The van der Waals surface area contributed by atoms with Gasteiger partial charge in [-0.3, -0.25) is 4.68 Å². The fourth-order valence-electron chi connectivity index (χ4n) is 2.46. The lowest BCUT2D eigenvalue weighted by Crippen LogP contribution is -1.98. The summed E-state index contributed by atoms with van der Waals surface area (Å²) in [5.41, 5.74) is 11.2. The van der Waals surface area contributed by atoms with Gasteiger partial charge in [-0.15, -0.1) is 0 Å². The summed E-state index contributed by atoms with van der Waals surface area (Å²) in [6.07, 6.45) is 0. The molecule has 0 unspecified atom stereocenters. The van der Waals surface area contributed by atoms with Gasteiger partial charge in [-0.1, -0.05) is 53.6 Å². The van der Waals surface area contributed by atoms with Crippen LogP contribution in [0.1, 0.15) is 5.56 Å². The number of hydrogen-bond acceptors (Lipinski definition) is 2. The summed E-state index contributed by atoms with van der Waals surface area (Å²) in [6.45, 7) is 2.06. The molecule has 0 fully saturated rings. The standard InChI is InChI=1S/C17H16ClN3/c1-11-5-3-6-12(9-11)15-16(20-21(2)17(15)19)13-7-4-8-14(18)10-13/h3-10H,19H2,1-2H3. The molecule has 0 saturated heterocycles. The van der Waals surface area contributed by atoms with Crippen molar-refractivity contribution in [2.24, 2.45) is 7.05 Å². The summed E-state index contributed by atoms with van der Waals surface area (Å²) < 4.78 is 1.70. The molecule has 0 amide bonds. The van der Waals surface area contributed by atoms with E-state index in [0.717, 1.165) is 22.4 Å². The Morgan fingerprint density at radius 3 is 2.48 bits per heavy atom. The van der Waals surface area contributed by atoms with Gasteiger partial charge in [-0.2, -0.15) is 5.10 Å². The first-order chi connectivity index (χ1) is 10.1. The minimum absolute atomic E-state index is 0.649. The minimum atomic E-state index is 0.649. The molecule has 1 heterocycles. The monoisotopic (exact) mass is 297 g/mol. The van der Waals surface area contributed by atoms with Gasteiger partial charge in [0, 0.05) is 17.6 Å². The van der Waals surface area contributed by atoms with Crippen LogP contribution in [0.15, 0.2) is 48.5 Å². The highest BCUT2D eigenvalue weighted by Gasteiger charge is 2.17. The molecular formula is C17H16ClN3. The van der Waals surface area contributed by atoms with E-state index in [9.17, 15) is 0 Å². The van der Waals surface area contributed by atoms with E-state index in [1.807, 2.05) is 37.4 Å². The number of aromatic nitrogens is 2. The van der Waals surface area contributed by atoms with Gasteiger partial charge in [0.2, 0.25) is 0 Å². The molecule has 0 spiro atoms. The Morgan fingerprint density at radius 1 is 1.05 bits per heavy atom. The van der Waals surface area contributed by atoms with Gasteiger partial charge in [0.15, 0.2) is 0 Å². The van der Waals surface area contributed by atoms with E-state index in [0.29, 0.717) is 10.8 Å². The topological polar surface area (TPSA) is 43.8 Å². The summed E-state index contributed by atoms with van der Waals surface area (Å²) in [4.78, 5) is 0. The van der Waals surface area contributed by atoms with Crippen molar-refractivity contribution in [3.63, 3.8) is 0 Å². The molecule has 0 bridgehead atoms. The molecule has 1 aromatic heterocycles. The van der Waals surface area contributed by atoms with Gasteiger partial charge in [0.25, 0.3) is 0 Å². The van der Waals surface area contributed by atoms with Crippen molar-refractivity contribution >= 4 is 17.4 Å². The third-order valence-corrected chi connectivity index (χ3v) is 3.73. The summed E-state index contributed by atoms with van der Waals surface area (Å²) in [5.74, 6) is 0.649. The average Bonchev–Trinajstić information content (AvgIpc) is 2.75. The molecule has 3 nitrogen and oxygen atoms in total. The first-order valence-corrected chi connectivity index (χ1v) is 7.09. The highest BCUT2D eigenvalue weighted by atomic mass is 35.5. The van der Waals surface area contributed by atoms with Gasteiger partial charge >= 0.3 is 0 Å². The van der Waals surface area contributed by atoms with Crippen molar-refractivity contribution in [1.29, 1.82) is 0 Å². The van der Waals surface area contributed by atoms with Crippen molar-refractivity contribution in [3.8, 4) is 22.4 Å². The highest BCUT2D eigenvalue weighted by Crippen LogP contribution is 2.36. The van der Waals surface area contributed by atoms with Crippen molar-refractivity contribution in [2.45, 2.75) is 6.92 Å². The number of benzene rings is 2. The molecule has 0 aliphatic carbocycles. The van der Waals surface area contributed by atoms with Crippen LogP contribution in [-0.4, -0.2) is 9.78 Å². The second-order valence-corrected chi connectivity index (χ2v) is 5.55. The third kappa shape index (κ3) is 2.52. The Morgan fingerprint density at radius 2 is 1.76 bits per heavy atom. The summed E-state index contributed by atoms with van der Waals surface area (Å²) >= 11 is 6.10. The second-order valence-electron chi connectivity index (χ2n) is 5.11. The van der Waals surface area contributed by atoms with Crippen LogP contribution >= 0.6 is 11.6 Å². The van der Waals surface area contributed by atoms with Gasteiger partial charge in [-0.05, 0) is 24.6 Å². The summed E-state index contributed by atoms with van der Waals surface area (Å²) in [7, 11) is 1.85. The number of halogens is 1. The number of rotatable bonds is 2. The normalized spacial score (nSPS) is 10.8. The van der Waals surface area contributed by atoms with Crippen LogP contribution in [0.3, 0.4) is 0 Å². The zero-order valence-corrected chi connectivity index (χ0v) is 12.7. The maximum absolute atomic E-state index is 6.23. The van der Waals surface area contributed by atoms with E-state index < -0.39 is 0 Å². The average molecular weight is 298 g/mol. The number of hydrogen-bond donors (Lipinski definition) is 1. The first-order valence-electron chi connectivity index (χ1n) is 6.71. The molecule has 0 atom stereocenters. The van der Waals surface area contributed by atoms with E-state index in [1.54, 1.807) is 4.68 Å². The van der Waals surface area contributed by atoms with Crippen molar-refractivity contribution in [1.82, 2.24) is 9.78 Å². The number of nitrogen functional groups attached to an aromatic ring is 1. The largest absolute Gasteiger partial charge is 0.383 e. The molecule has 3 rings (SSSR count). The molecule has 0 aliphatic rings. The predicted molar refractivity (Wildman–Crippen MR) is 88.2 cm³/mol. The minimum Gasteiger partial charge on any atom is -0.383 e. The van der Waals surface area contributed by atoms with Crippen LogP contribution in [0.25, 0.3) is 22.4 Å². The van der Waals surface area contributed by atoms with Crippen LogP contribution in [0.5, 0.6) is 0 Å². The molecule has 106 valence electrons. The molecule has 3 aromatic rings. The van der Waals surface area contributed by atoms with Crippen LogP contribution in [-0.2, 0) is 7.05 Å². The molecule has 0 saturated carbocycles. The van der Waals surface area contributed by atoms with Gasteiger partial charge in [-0.25, -0.2) is 0 Å². The van der Waals surface area contributed by atoms with Crippen molar-refractivity contribution < 1.29 is 0 Å². The van der Waals surface area contributed by atoms with E-state index >= 15 is 0 Å². The Labute approximate surface area is 129 Å². The molecule has 0 radical (unpaired) electrons. The van der Waals surface area contributed by atoms with Gasteiger partial charge in [0.1, 0.15) is 11.5 Å². The number of nitrogens with zero attached hydrogens (tertiary/aromatic N) is 2. The lowest BCUT2D eigenvalue weighted by atomic mass is 9.99. The lowest BCUT2D eigenvalue weighted by Gasteiger charge is -2.06. The Bertz CT molecular complexity index is 806. The molecule has 2 aromatic carbocycles. The van der Waals surface area contributed by atoms with Gasteiger partial charge < -0.3 is 5.73 Å². The van der Waals surface area contributed by atoms with Crippen LogP contribution in [0.2, 0.25) is 5.02 Å². The van der Waals surface area contributed by atoms with Crippen LogP contribution in [0, 0.1) is 6.92 Å². The van der Waals surface area contributed by atoms with E-state index in [1.165, 1.54) is 5.56 Å². The Hall–Kier alpha value is -2.26. The first kappa shape index (κ1) is 13.7. The van der Waals surface area contributed by atoms with Crippen molar-refractivity contribution in [3.05, 3.63) is 59.1 Å². The molecular weight excluding hydrogens is 282 g/mol. The second kappa shape index (κ2) is 5.26. The lowest BCUT2D eigenvalue weighted by molar-refractivity contribution is 0.782. The quantitative estimate of drug-likeness (QED) is 0.766. The molecule has 0 aliphatic heterocycles. The van der Waals surface area contributed by atoms with Crippen LogP contribution in [0.4, 0.5) is 5.82 Å². The zero-order chi connectivity index (χ0) is 15.0. The zero-order valence-electron chi connectivity index (χ0n) is 12.0. The van der Waals surface area contributed by atoms with E-state index in [4.69, 9.17) is 17.3 Å². The summed E-state index contributed by atoms with van der Waals surface area (Å²) in [5, 5.41) is 5.25. The predicted octanol–water partition coefficient (Wildman–Crippen LogP) is 4.30. The molecule has 4 heteroatoms. The van der Waals surface area contributed by atoms with E-state index in [2.05, 4.69) is 30.2 Å². The van der Waals surface area contributed by atoms with Crippen LogP contribution < -0.4 is 5.73 Å². The number of aryl methyl sites for hydroxylation is 2. The molecule has 2 N–H and O–H groups in total. The number of anilines is 1. The Kier molecular flexibility index (Phi) is 3.43.